The molecule has 1 aromatic heterocycles. The van der Waals surface area contributed by atoms with Gasteiger partial charge in [-0.3, -0.25) is 14.5 Å². The number of aromatic nitrogens is 1. The van der Waals surface area contributed by atoms with Crippen molar-refractivity contribution in [1.29, 1.82) is 0 Å². The summed E-state index contributed by atoms with van der Waals surface area (Å²) in [5.74, 6) is 1.11. The van der Waals surface area contributed by atoms with Crippen LogP contribution in [0.15, 0.2) is 48.5 Å². The highest BCUT2D eigenvalue weighted by Crippen LogP contribution is 2.32. The molecule has 1 aliphatic rings. The van der Waals surface area contributed by atoms with Gasteiger partial charge in [0.1, 0.15) is 11.6 Å². The standard InChI is InChI=1S/C21H19N3O3/c1-13(25)22-17-5-3-4-16(11-17)21(26)24-9-8-15-10-14-6-7-18(27-2)12-19(14)23-20(15)24/h3-7,10-12H,8-9H2,1-2H3,(H,22,25). The quantitative estimate of drug-likeness (QED) is 0.776. The molecule has 0 fully saturated rings. The first-order valence-electron chi connectivity index (χ1n) is 8.72. The van der Waals surface area contributed by atoms with Gasteiger partial charge in [0, 0.05) is 36.2 Å². The lowest BCUT2D eigenvalue weighted by molar-refractivity contribution is -0.114. The topological polar surface area (TPSA) is 71.5 Å². The number of ether oxygens (including phenoxy) is 1. The molecule has 0 saturated heterocycles. The van der Waals surface area contributed by atoms with Crippen molar-refractivity contribution in [2.24, 2.45) is 0 Å². The van der Waals surface area contributed by atoms with Gasteiger partial charge < -0.3 is 10.1 Å². The molecule has 0 atom stereocenters. The molecule has 0 spiro atoms. The molecule has 4 rings (SSSR count). The summed E-state index contributed by atoms with van der Waals surface area (Å²) >= 11 is 0. The summed E-state index contributed by atoms with van der Waals surface area (Å²) in [4.78, 5) is 30.7. The first kappa shape index (κ1) is 17.0. The minimum Gasteiger partial charge on any atom is -0.497 e. The number of nitrogens with zero attached hydrogens (tertiary/aromatic N) is 2. The number of amides is 2. The minimum atomic E-state index is -0.173. The van der Waals surface area contributed by atoms with E-state index < -0.39 is 0 Å². The highest BCUT2D eigenvalue weighted by molar-refractivity contribution is 6.08. The van der Waals surface area contributed by atoms with E-state index in [-0.39, 0.29) is 11.8 Å². The van der Waals surface area contributed by atoms with Crippen molar-refractivity contribution in [3.05, 3.63) is 59.7 Å². The maximum absolute atomic E-state index is 13.1. The van der Waals surface area contributed by atoms with E-state index in [1.807, 2.05) is 18.2 Å². The fourth-order valence-corrected chi connectivity index (χ4v) is 3.35. The van der Waals surface area contributed by atoms with E-state index in [1.165, 1.54) is 6.92 Å². The third-order valence-electron chi connectivity index (χ3n) is 4.62. The second-order valence-electron chi connectivity index (χ2n) is 6.50. The van der Waals surface area contributed by atoms with Crippen molar-refractivity contribution in [3.63, 3.8) is 0 Å². The van der Waals surface area contributed by atoms with Gasteiger partial charge in [0.15, 0.2) is 0 Å². The Morgan fingerprint density at radius 3 is 2.78 bits per heavy atom. The van der Waals surface area contributed by atoms with Crippen LogP contribution >= 0.6 is 0 Å². The minimum absolute atomic E-state index is 0.129. The van der Waals surface area contributed by atoms with E-state index in [0.29, 0.717) is 23.6 Å². The van der Waals surface area contributed by atoms with Crippen LogP contribution in [0.4, 0.5) is 11.5 Å². The number of rotatable bonds is 3. The molecule has 1 aliphatic heterocycles. The molecule has 2 heterocycles. The van der Waals surface area contributed by atoms with Crippen LogP contribution in [0.25, 0.3) is 10.9 Å². The van der Waals surface area contributed by atoms with Gasteiger partial charge in [-0.25, -0.2) is 4.98 Å². The summed E-state index contributed by atoms with van der Waals surface area (Å²) in [6.45, 7) is 2.02. The number of hydrogen-bond acceptors (Lipinski definition) is 4. The molecule has 0 saturated carbocycles. The van der Waals surface area contributed by atoms with Crippen molar-refractivity contribution in [3.8, 4) is 5.75 Å². The monoisotopic (exact) mass is 361 g/mol. The Balaban J connectivity index is 1.70. The number of methoxy groups -OCH3 is 1. The summed E-state index contributed by atoms with van der Waals surface area (Å²) in [6, 6.07) is 14.8. The molecule has 27 heavy (non-hydrogen) atoms. The van der Waals surface area contributed by atoms with Gasteiger partial charge in [0.05, 0.1) is 12.6 Å². The largest absolute Gasteiger partial charge is 0.497 e. The second kappa shape index (κ2) is 6.72. The van der Waals surface area contributed by atoms with Crippen molar-refractivity contribution >= 4 is 34.2 Å². The Labute approximate surface area is 156 Å². The molecule has 0 bridgehead atoms. The van der Waals surface area contributed by atoms with Crippen LogP contribution in [-0.4, -0.2) is 30.5 Å². The Bertz CT molecular complexity index is 1060. The summed E-state index contributed by atoms with van der Waals surface area (Å²) in [7, 11) is 1.62. The average Bonchev–Trinajstić information content (AvgIpc) is 3.07. The second-order valence-corrected chi connectivity index (χ2v) is 6.50. The molecule has 0 aliphatic carbocycles. The number of fused-ring (bicyclic) bond motifs is 2. The maximum atomic E-state index is 13.1. The van der Waals surface area contributed by atoms with E-state index >= 15 is 0 Å². The normalized spacial score (nSPS) is 12.7. The van der Waals surface area contributed by atoms with Crippen LogP contribution in [0.5, 0.6) is 5.75 Å². The molecular formula is C21H19N3O3. The van der Waals surface area contributed by atoms with Gasteiger partial charge in [-0.15, -0.1) is 0 Å². The van der Waals surface area contributed by atoms with Crippen LogP contribution < -0.4 is 15.0 Å². The van der Waals surface area contributed by atoms with Gasteiger partial charge in [-0.1, -0.05) is 6.07 Å². The smallest absolute Gasteiger partial charge is 0.259 e. The van der Waals surface area contributed by atoms with Gasteiger partial charge in [-0.2, -0.15) is 0 Å². The zero-order valence-corrected chi connectivity index (χ0v) is 15.2. The van der Waals surface area contributed by atoms with E-state index in [2.05, 4.69) is 11.4 Å². The van der Waals surface area contributed by atoms with Crippen molar-refractivity contribution in [2.45, 2.75) is 13.3 Å². The third kappa shape index (κ3) is 3.21. The van der Waals surface area contributed by atoms with Crippen molar-refractivity contribution in [1.82, 2.24) is 4.98 Å². The molecule has 2 aromatic carbocycles. The summed E-state index contributed by atoms with van der Waals surface area (Å²) in [5, 5.41) is 3.73. The van der Waals surface area contributed by atoms with E-state index in [4.69, 9.17) is 9.72 Å². The average molecular weight is 361 g/mol. The van der Waals surface area contributed by atoms with Crippen LogP contribution in [0.2, 0.25) is 0 Å². The Morgan fingerprint density at radius 2 is 2.00 bits per heavy atom. The lowest BCUT2D eigenvalue weighted by Crippen LogP contribution is -2.29. The predicted octanol–water partition coefficient (Wildman–Crippen LogP) is 3.40. The fraction of sp³-hybridized carbons (Fsp3) is 0.190. The van der Waals surface area contributed by atoms with Crippen LogP contribution in [0.1, 0.15) is 22.8 Å². The first-order chi connectivity index (χ1) is 13.0. The Hall–Kier alpha value is -3.41. The van der Waals surface area contributed by atoms with Gasteiger partial charge in [0.2, 0.25) is 5.91 Å². The highest BCUT2D eigenvalue weighted by atomic mass is 16.5. The number of nitrogens with one attached hydrogen (secondary N) is 1. The van der Waals surface area contributed by atoms with Crippen LogP contribution in [0.3, 0.4) is 0 Å². The lowest BCUT2D eigenvalue weighted by Gasteiger charge is -2.17. The van der Waals surface area contributed by atoms with Crippen molar-refractivity contribution in [2.75, 3.05) is 23.9 Å². The summed E-state index contributed by atoms with van der Waals surface area (Å²) < 4.78 is 5.28. The molecule has 6 nitrogen and oxygen atoms in total. The number of carbonyl (C=O) groups is 2. The number of benzene rings is 2. The number of carbonyl (C=O) groups excluding carboxylic acids is 2. The van der Waals surface area contributed by atoms with Gasteiger partial charge in [0.25, 0.3) is 5.91 Å². The molecule has 0 radical (unpaired) electrons. The predicted molar refractivity (Wildman–Crippen MR) is 104 cm³/mol. The maximum Gasteiger partial charge on any atom is 0.259 e. The molecule has 2 amide bonds. The molecular weight excluding hydrogens is 342 g/mol. The number of hydrogen-bond donors (Lipinski definition) is 1. The molecule has 3 aromatic rings. The van der Waals surface area contributed by atoms with E-state index in [0.717, 1.165) is 28.6 Å². The molecule has 6 heteroatoms. The Kier molecular flexibility index (Phi) is 4.24. The van der Waals surface area contributed by atoms with Crippen LogP contribution in [0, 0.1) is 0 Å². The Morgan fingerprint density at radius 1 is 1.15 bits per heavy atom. The van der Waals surface area contributed by atoms with Crippen molar-refractivity contribution < 1.29 is 14.3 Å². The zero-order valence-electron chi connectivity index (χ0n) is 15.2. The number of anilines is 2. The first-order valence-corrected chi connectivity index (χ1v) is 8.72. The highest BCUT2D eigenvalue weighted by Gasteiger charge is 2.27. The molecule has 1 N–H and O–H groups in total. The lowest BCUT2D eigenvalue weighted by atomic mass is 10.1. The SMILES string of the molecule is COc1ccc2cc3c(nc2c1)N(C(=O)c1cccc(NC(C)=O)c1)CC3. The van der Waals surface area contributed by atoms with Gasteiger partial charge in [-0.05, 0) is 48.4 Å². The molecule has 0 unspecified atom stereocenters. The number of pyridine rings is 1. The fourth-order valence-electron chi connectivity index (χ4n) is 3.35. The van der Waals surface area contributed by atoms with Gasteiger partial charge >= 0.3 is 0 Å². The van der Waals surface area contributed by atoms with Crippen LogP contribution in [-0.2, 0) is 11.2 Å². The summed E-state index contributed by atoms with van der Waals surface area (Å²) in [6.07, 6.45) is 0.765. The zero-order chi connectivity index (χ0) is 19.0. The van der Waals surface area contributed by atoms with E-state index in [1.54, 1.807) is 36.3 Å². The third-order valence-corrected chi connectivity index (χ3v) is 4.62. The molecule has 136 valence electrons. The summed E-state index contributed by atoms with van der Waals surface area (Å²) in [5.41, 5.74) is 2.96. The van der Waals surface area contributed by atoms with E-state index in [9.17, 15) is 9.59 Å².